The monoisotopic (exact) mass is 766 g/mol. The minimum absolute atomic E-state index is 0.0435. The number of esters is 2. The third-order valence-corrected chi connectivity index (χ3v) is 9.36. The molecule has 306 valence electrons. The van der Waals surface area contributed by atoms with Gasteiger partial charge in [-0.3, -0.25) is 18.6 Å². The summed E-state index contributed by atoms with van der Waals surface area (Å²) in [5.74, 6) is -0.888. The van der Waals surface area contributed by atoms with Crippen molar-refractivity contribution >= 4 is 19.8 Å². The Morgan fingerprint density at radius 1 is 0.566 bits per heavy atom. The number of allylic oxidation sites excluding steroid dienone is 10. The van der Waals surface area contributed by atoms with E-state index in [0.717, 1.165) is 64.2 Å². The zero-order chi connectivity index (χ0) is 38.9. The number of carbonyl (C=O) groups excluding carboxylic acids is 2. The lowest BCUT2D eigenvalue weighted by Crippen LogP contribution is -2.29. The van der Waals surface area contributed by atoms with Crippen molar-refractivity contribution in [2.24, 2.45) is 5.73 Å². The summed E-state index contributed by atoms with van der Waals surface area (Å²) in [7, 11) is -4.39. The van der Waals surface area contributed by atoms with Gasteiger partial charge >= 0.3 is 19.8 Å². The molecule has 9 nitrogen and oxygen atoms in total. The molecule has 0 saturated heterocycles. The Balaban J connectivity index is 4.28. The topological polar surface area (TPSA) is 134 Å². The van der Waals surface area contributed by atoms with E-state index in [0.29, 0.717) is 12.8 Å². The van der Waals surface area contributed by atoms with Gasteiger partial charge < -0.3 is 20.1 Å². The SMILES string of the molecule is CCCCC/C=C/C/C=C/C/C=C/C/C=C/CCCCCC(=O)O[C@H](COC(=O)CCCCC/C=C/CCCCCCCC)COP(=O)(O)OCCN. The maximum atomic E-state index is 12.6. The first-order chi connectivity index (χ1) is 25.8. The number of ether oxygens (including phenoxy) is 2. The number of unbranched alkanes of at least 4 members (excludes halogenated alkanes) is 15. The summed E-state index contributed by atoms with van der Waals surface area (Å²) >= 11 is 0. The smallest absolute Gasteiger partial charge is 0.462 e. The predicted octanol–water partition coefficient (Wildman–Crippen LogP) is 11.7. The molecule has 0 aliphatic rings. The second-order valence-electron chi connectivity index (χ2n) is 13.5. The molecule has 0 saturated carbocycles. The van der Waals surface area contributed by atoms with E-state index in [1.165, 1.54) is 64.2 Å². The zero-order valence-electron chi connectivity index (χ0n) is 33.5. The third kappa shape index (κ3) is 39.2. The van der Waals surface area contributed by atoms with E-state index in [1.54, 1.807) is 0 Å². The Bertz CT molecular complexity index is 1050. The van der Waals surface area contributed by atoms with Gasteiger partial charge in [-0.05, 0) is 83.5 Å². The van der Waals surface area contributed by atoms with Crippen LogP contribution < -0.4 is 5.73 Å². The van der Waals surface area contributed by atoms with Crippen molar-refractivity contribution < 1.29 is 37.6 Å². The van der Waals surface area contributed by atoms with Crippen molar-refractivity contribution in [1.82, 2.24) is 0 Å². The number of hydrogen-bond donors (Lipinski definition) is 2. The first-order valence-electron chi connectivity index (χ1n) is 20.8. The molecular formula is C43H76NO8P. The van der Waals surface area contributed by atoms with E-state index in [-0.39, 0.29) is 32.6 Å². The van der Waals surface area contributed by atoms with Crippen LogP contribution >= 0.6 is 7.82 Å². The van der Waals surface area contributed by atoms with Crippen molar-refractivity contribution in [2.45, 2.75) is 174 Å². The average Bonchev–Trinajstić information content (AvgIpc) is 3.14. The fourth-order valence-electron chi connectivity index (χ4n) is 5.26. The number of phosphoric ester groups is 1. The van der Waals surface area contributed by atoms with Crippen LogP contribution in [0.5, 0.6) is 0 Å². The van der Waals surface area contributed by atoms with Gasteiger partial charge in [0.25, 0.3) is 0 Å². The largest absolute Gasteiger partial charge is 0.472 e. The highest BCUT2D eigenvalue weighted by Crippen LogP contribution is 2.43. The molecule has 0 aliphatic heterocycles. The summed E-state index contributed by atoms with van der Waals surface area (Å²) in [5.41, 5.74) is 5.34. The van der Waals surface area contributed by atoms with Crippen LogP contribution in [0.4, 0.5) is 0 Å². The molecule has 0 spiro atoms. The van der Waals surface area contributed by atoms with Gasteiger partial charge in [0.05, 0.1) is 13.2 Å². The summed E-state index contributed by atoms with van der Waals surface area (Å²) < 4.78 is 32.7. The highest BCUT2D eigenvalue weighted by atomic mass is 31.2. The van der Waals surface area contributed by atoms with Gasteiger partial charge in [0.15, 0.2) is 6.10 Å². The summed E-state index contributed by atoms with van der Waals surface area (Å²) in [6.07, 6.45) is 45.3. The Labute approximate surface area is 323 Å². The molecule has 0 amide bonds. The van der Waals surface area contributed by atoms with Gasteiger partial charge in [-0.25, -0.2) is 4.57 Å². The molecule has 0 rings (SSSR count). The van der Waals surface area contributed by atoms with Crippen LogP contribution in [0.15, 0.2) is 60.8 Å². The molecule has 0 bridgehead atoms. The van der Waals surface area contributed by atoms with Crippen LogP contribution in [-0.2, 0) is 32.7 Å². The number of phosphoric acid groups is 1. The van der Waals surface area contributed by atoms with Gasteiger partial charge in [0.2, 0.25) is 0 Å². The molecule has 10 heteroatoms. The van der Waals surface area contributed by atoms with Gasteiger partial charge in [-0.1, -0.05) is 132 Å². The molecule has 0 aliphatic carbocycles. The van der Waals surface area contributed by atoms with E-state index >= 15 is 0 Å². The van der Waals surface area contributed by atoms with Gasteiger partial charge in [-0.2, -0.15) is 0 Å². The molecule has 0 aromatic heterocycles. The van der Waals surface area contributed by atoms with Crippen molar-refractivity contribution in [3.8, 4) is 0 Å². The Hall–Kier alpha value is -2.29. The molecular weight excluding hydrogens is 689 g/mol. The Morgan fingerprint density at radius 2 is 0.981 bits per heavy atom. The van der Waals surface area contributed by atoms with Crippen molar-refractivity contribution in [3.05, 3.63) is 60.8 Å². The second-order valence-corrected chi connectivity index (χ2v) is 14.9. The van der Waals surface area contributed by atoms with Gasteiger partial charge in [0.1, 0.15) is 6.61 Å². The Morgan fingerprint density at radius 3 is 1.51 bits per heavy atom. The van der Waals surface area contributed by atoms with E-state index < -0.39 is 32.5 Å². The normalized spacial score (nSPS) is 14.0. The fourth-order valence-corrected chi connectivity index (χ4v) is 6.02. The van der Waals surface area contributed by atoms with Crippen LogP contribution in [0, 0.1) is 0 Å². The van der Waals surface area contributed by atoms with Gasteiger partial charge in [-0.15, -0.1) is 0 Å². The van der Waals surface area contributed by atoms with E-state index in [2.05, 4.69) is 74.6 Å². The molecule has 3 N–H and O–H groups in total. The molecule has 0 aromatic rings. The quantitative estimate of drug-likeness (QED) is 0.0272. The highest BCUT2D eigenvalue weighted by molar-refractivity contribution is 7.47. The lowest BCUT2D eigenvalue weighted by molar-refractivity contribution is -0.161. The molecule has 0 heterocycles. The van der Waals surface area contributed by atoms with Crippen molar-refractivity contribution in [1.29, 1.82) is 0 Å². The summed E-state index contributed by atoms with van der Waals surface area (Å²) in [6.45, 7) is 3.62. The van der Waals surface area contributed by atoms with Crippen molar-refractivity contribution in [3.63, 3.8) is 0 Å². The minimum atomic E-state index is -4.39. The first kappa shape index (κ1) is 50.7. The number of carbonyl (C=O) groups is 2. The molecule has 1 unspecified atom stereocenters. The van der Waals surface area contributed by atoms with Gasteiger partial charge in [0, 0.05) is 19.4 Å². The molecule has 0 aromatic carbocycles. The summed E-state index contributed by atoms with van der Waals surface area (Å²) in [5, 5.41) is 0. The summed E-state index contributed by atoms with van der Waals surface area (Å²) in [6, 6.07) is 0. The van der Waals surface area contributed by atoms with E-state index in [4.69, 9.17) is 24.3 Å². The lowest BCUT2D eigenvalue weighted by atomic mass is 10.1. The van der Waals surface area contributed by atoms with Crippen LogP contribution in [0.2, 0.25) is 0 Å². The highest BCUT2D eigenvalue weighted by Gasteiger charge is 2.25. The third-order valence-electron chi connectivity index (χ3n) is 8.38. The number of hydrogen-bond acceptors (Lipinski definition) is 8. The van der Waals surface area contributed by atoms with E-state index in [9.17, 15) is 19.0 Å². The predicted molar refractivity (Wildman–Crippen MR) is 219 cm³/mol. The van der Waals surface area contributed by atoms with E-state index in [1.807, 2.05) is 0 Å². The fraction of sp³-hybridized carbons (Fsp3) is 0.721. The lowest BCUT2D eigenvalue weighted by Gasteiger charge is -2.19. The van der Waals surface area contributed by atoms with Crippen LogP contribution in [-0.4, -0.2) is 49.3 Å². The molecule has 0 radical (unpaired) electrons. The second kappa shape index (κ2) is 39.4. The number of nitrogens with two attached hydrogens (primary N) is 1. The molecule has 53 heavy (non-hydrogen) atoms. The molecule has 2 atom stereocenters. The maximum Gasteiger partial charge on any atom is 0.472 e. The minimum Gasteiger partial charge on any atom is -0.462 e. The van der Waals surface area contributed by atoms with Crippen LogP contribution in [0.25, 0.3) is 0 Å². The van der Waals surface area contributed by atoms with Crippen LogP contribution in [0.1, 0.15) is 168 Å². The van der Waals surface area contributed by atoms with Crippen LogP contribution in [0.3, 0.4) is 0 Å². The average molecular weight is 766 g/mol. The van der Waals surface area contributed by atoms with Crippen molar-refractivity contribution in [2.75, 3.05) is 26.4 Å². The maximum absolute atomic E-state index is 12.6. The zero-order valence-corrected chi connectivity index (χ0v) is 34.4. The molecule has 0 fully saturated rings. The number of rotatable bonds is 38. The summed E-state index contributed by atoms with van der Waals surface area (Å²) in [4.78, 5) is 34.8. The Kier molecular flexibility index (Phi) is 37.7. The first-order valence-corrected chi connectivity index (χ1v) is 22.3. The standard InChI is InChI=1S/C43H76NO8P/c1-3-5-7-9-11-13-15-17-18-19-20-21-22-24-26-28-30-32-34-36-43(46)52-41(40-51-53(47,48)50-38-37-44)39-49-42(45)35-33-31-29-27-25-23-16-14-12-10-8-6-4-2/h11,13,17-18,20-21,23-26,41H,3-10,12,14-16,19,22,27-40,44H2,1-2H3,(H,47,48)/b13-11+,18-17+,21-20+,25-23+,26-24+/t41-/m1/s1.